The van der Waals surface area contributed by atoms with Crippen molar-refractivity contribution in [3.63, 3.8) is 0 Å². The van der Waals surface area contributed by atoms with E-state index in [1.165, 1.54) is 38.8 Å². The average molecular weight is 260 g/mol. The van der Waals surface area contributed by atoms with E-state index in [1.54, 1.807) is 0 Å². The van der Waals surface area contributed by atoms with E-state index in [4.69, 9.17) is 5.73 Å². The van der Waals surface area contributed by atoms with Crippen molar-refractivity contribution < 1.29 is 5.11 Å². The lowest BCUT2D eigenvalue weighted by molar-refractivity contribution is 0.107. The average Bonchev–Trinajstić information content (AvgIpc) is 3.26. The van der Waals surface area contributed by atoms with Crippen molar-refractivity contribution in [2.24, 2.45) is 11.8 Å². The number of nitrogen functional groups attached to an aromatic ring is 1. The standard InChI is InChI=1S/C16H24N2O/c17-15-7-5-14(6-8-15)16(19)11-18(9-12-1-2-12)10-13-3-4-13/h5-8,12-13,16,19H,1-4,9-11,17H2. The molecule has 0 amide bonds. The molecule has 3 nitrogen and oxygen atoms in total. The van der Waals surface area contributed by atoms with Crippen molar-refractivity contribution in [2.75, 3.05) is 25.4 Å². The third-order valence-electron chi connectivity index (χ3n) is 4.18. The summed E-state index contributed by atoms with van der Waals surface area (Å²) < 4.78 is 0. The summed E-state index contributed by atoms with van der Waals surface area (Å²) in [7, 11) is 0. The molecule has 1 atom stereocenters. The molecule has 2 aliphatic rings. The highest BCUT2D eigenvalue weighted by Crippen LogP contribution is 2.34. The molecular weight excluding hydrogens is 236 g/mol. The number of nitrogens with zero attached hydrogens (tertiary/aromatic N) is 1. The van der Waals surface area contributed by atoms with Gasteiger partial charge in [0.1, 0.15) is 0 Å². The summed E-state index contributed by atoms with van der Waals surface area (Å²) in [6, 6.07) is 7.61. The molecule has 0 aliphatic heterocycles. The summed E-state index contributed by atoms with van der Waals surface area (Å²) in [4.78, 5) is 2.47. The highest BCUT2D eigenvalue weighted by Gasteiger charge is 2.30. The predicted molar refractivity (Wildman–Crippen MR) is 77.7 cm³/mol. The number of rotatable bonds is 7. The second-order valence-electron chi connectivity index (χ2n) is 6.29. The number of aliphatic hydroxyl groups is 1. The summed E-state index contributed by atoms with van der Waals surface area (Å²) in [6.45, 7) is 3.10. The molecule has 0 radical (unpaired) electrons. The normalized spacial score (nSPS) is 20.7. The van der Waals surface area contributed by atoms with E-state index in [2.05, 4.69) is 4.90 Å². The maximum absolute atomic E-state index is 10.4. The monoisotopic (exact) mass is 260 g/mol. The minimum atomic E-state index is -0.391. The zero-order chi connectivity index (χ0) is 13.2. The fourth-order valence-electron chi connectivity index (χ4n) is 2.62. The number of benzene rings is 1. The van der Waals surface area contributed by atoms with E-state index in [1.807, 2.05) is 24.3 Å². The Morgan fingerprint density at radius 3 is 2.05 bits per heavy atom. The van der Waals surface area contributed by atoms with Crippen LogP contribution in [0.1, 0.15) is 37.4 Å². The van der Waals surface area contributed by atoms with Crippen LogP contribution < -0.4 is 5.73 Å². The Bertz CT molecular complexity index is 395. The van der Waals surface area contributed by atoms with E-state index >= 15 is 0 Å². The second-order valence-corrected chi connectivity index (χ2v) is 6.29. The van der Waals surface area contributed by atoms with E-state index in [-0.39, 0.29) is 0 Å². The summed E-state index contributed by atoms with van der Waals surface area (Å²) in [6.07, 6.45) is 5.11. The van der Waals surface area contributed by atoms with Crippen molar-refractivity contribution in [1.82, 2.24) is 4.90 Å². The van der Waals surface area contributed by atoms with Crippen LogP contribution >= 0.6 is 0 Å². The van der Waals surface area contributed by atoms with Gasteiger partial charge in [-0.1, -0.05) is 12.1 Å². The molecule has 1 aromatic rings. The first-order valence-corrected chi connectivity index (χ1v) is 7.46. The zero-order valence-electron chi connectivity index (χ0n) is 11.5. The lowest BCUT2D eigenvalue weighted by Crippen LogP contribution is -2.32. The van der Waals surface area contributed by atoms with Gasteiger partial charge in [-0.25, -0.2) is 0 Å². The summed E-state index contributed by atoms with van der Waals surface area (Å²) in [5.41, 5.74) is 7.42. The van der Waals surface area contributed by atoms with Crippen molar-refractivity contribution in [3.8, 4) is 0 Å². The molecule has 0 bridgehead atoms. The minimum Gasteiger partial charge on any atom is -0.399 e. The smallest absolute Gasteiger partial charge is 0.0916 e. The lowest BCUT2D eigenvalue weighted by atomic mass is 10.1. The maximum Gasteiger partial charge on any atom is 0.0916 e. The van der Waals surface area contributed by atoms with Crippen LogP contribution in [0.15, 0.2) is 24.3 Å². The van der Waals surface area contributed by atoms with Gasteiger partial charge in [0, 0.05) is 25.3 Å². The van der Waals surface area contributed by atoms with Crippen molar-refractivity contribution >= 4 is 5.69 Å². The Morgan fingerprint density at radius 1 is 1.05 bits per heavy atom. The fourth-order valence-corrected chi connectivity index (χ4v) is 2.62. The molecule has 3 rings (SSSR count). The predicted octanol–water partition coefficient (Wildman–Crippen LogP) is 2.42. The highest BCUT2D eigenvalue weighted by molar-refractivity contribution is 5.39. The fraction of sp³-hybridized carbons (Fsp3) is 0.625. The molecule has 0 spiro atoms. The van der Waals surface area contributed by atoms with Crippen LogP contribution in [0.3, 0.4) is 0 Å². The molecule has 2 saturated carbocycles. The van der Waals surface area contributed by atoms with E-state index < -0.39 is 6.10 Å². The van der Waals surface area contributed by atoms with Crippen LogP contribution in [-0.2, 0) is 0 Å². The molecule has 1 aromatic carbocycles. The molecule has 0 saturated heterocycles. The van der Waals surface area contributed by atoms with E-state index in [0.29, 0.717) is 0 Å². The second kappa shape index (κ2) is 5.51. The first kappa shape index (κ1) is 12.9. The Labute approximate surface area is 115 Å². The SMILES string of the molecule is Nc1ccc(C(O)CN(CC2CC2)CC2CC2)cc1. The van der Waals surface area contributed by atoms with Gasteiger partial charge in [-0.05, 0) is 55.2 Å². The summed E-state index contributed by atoms with van der Waals surface area (Å²) >= 11 is 0. The van der Waals surface area contributed by atoms with E-state index in [0.717, 1.165) is 29.6 Å². The number of nitrogens with two attached hydrogens (primary N) is 1. The molecule has 104 valence electrons. The Hall–Kier alpha value is -1.06. The summed E-state index contributed by atoms with van der Waals surface area (Å²) in [5, 5.41) is 10.4. The molecule has 3 N–H and O–H groups in total. The van der Waals surface area contributed by atoms with Gasteiger partial charge in [-0.15, -0.1) is 0 Å². The molecule has 0 aromatic heterocycles. The quantitative estimate of drug-likeness (QED) is 0.740. The molecule has 19 heavy (non-hydrogen) atoms. The molecular formula is C16H24N2O. The van der Waals surface area contributed by atoms with Gasteiger partial charge in [0.2, 0.25) is 0 Å². The third-order valence-corrected chi connectivity index (χ3v) is 4.18. The molecule has 3 heteroatoms. The van der Waals surface area contributed by atoms with Gasteiger partial charge in [-0.2, -0.15) is 0 Å². The van der Waals surface area contributed by atoms with Gasteiger partial charge in [0.05, 0.1) is 6.10 Å². The molecule has 2 fully saturated rings. The van der Waals surface area contributed by atoms with E-state index in [9.17, 15) is 5.11 Å². The number of aliphatic hydroxyl groups excluding tert-OH is 1. The van der Waals surface area contributed by atoms with Crippen molar-refractivity contribution in [1.29, 1.82) is 0 Å². The highest BCUT2D eigenvalue weighted by atomic mass is 16.3. The Balaban J connectivity index is 1.57. The molecule has 0 heterocycles. The third kappa shape index (κ3) is 3.95. The first-order valence-electron chi connectivity index (χ1n) is 7.46. The van der Waals surface area contributed by atoms with Gasteiger partial charge < -0.3 is 10.8 Å². The van der Waals surface area contributed by atoms with Crippen LogP contribution in [0.25, 0.3) is 0 Å². The van der Waals surface area contributed by atoms with Gasteiger partial charge >= 0.3 is 0 Å². The van der Waals surface area contributed by atoms with Gasteiger partial charge in [0.15, 0.2) is 0 Å². The topological polar surface area (TPSA) is 49.5 Å². The van der Waals surface area contributed by atoms with Crippen LogP contribution in [-0.4, -0.2) is 29.6 Å². The summed E-state index contributed by atoms with van der Waals surface area (Å²) in [5.74, 6) is 1.77. The number of anilines is 1. The maximum atomic E-state index is 10.4. The number of hydrogen-bond acceptors (Lipinski definition) is 3. The van der Waals surface area contributed by atoms with Crippen LogP contribution in [0.5, 0.6) is 0 Å². The molecule has 2 aliphatic carbocycles. The largest absolute Gasteiger partial charge is 0.399 e. The molecule has 1 unspecified atom stereocenters. The minimum absolute atomic E-state index is 0.391. The number of hydrogen-bond donors (Lipinski definition) is 2. The van der Waals surface area contributed by atoms with Crippen LogP contribution in [0.2, 0.25) is 0 Å². The van der Waals surface area contributed by atoms with Gasteiger partial charge in [-0.3, -0.25) is 4.90 Å². The first-order chi connectivity index (χ1) is 9.20. The Kier molecular flexibility index (Phi) is 3.76. The van der Waals surface area contributed by atoms with Gasteiger partial charge in [0.25, 0.3) is 0 Å². The van der Waals surface area contributed by atoms with Crippen molar-refractivity contribution in [3.05, 3.63) is 29.8 Å². The van der Waals surface area contributed by atoms with Crippen molar-refractivity contribution in [2.45, 2.75) is 31.8 Å². The lowest BCUT2D eigenvalue weighted by Gasteiger charge is -2.25. The zero-order valence-corrected chi connectivity index (χ0v) is 11.5. The van der Waals surface area contributed by atoms with Crippen LogP contribution in [0, 0.1) is 11.8 Å². The van der Waals surface area contributed by atoms with Crippen LogP contribution in [0.4, 0.5) is 5.69 Å². The Morgan fingerprint density at radius 2 is 1.58 bits per heavy atom.